The first-order valence-corrected chi connectivity index (χ1v) is 22.0. The topological polar surface area (TPSA) is 314 Å². The number of aliphatic hydroxyl groups is 5. The lowest BCUT2D eigenvalue weighted by Crippen LogP contribution is -2.69. The van der Waals surface area contributed by atoms with E-state index in [1.165, 1.54) is 13.2 Å². The number of methoxy groups -OCH3 is 1. The Kier molecular flexibility index (Phi) is 16.5. The van der Waals surface area contributed by atoms with Gasteiger partial charge in [0.2, 0.25) is 24.1 Å². The fourth-order valence-electron chi connectivity index (χ4n) is 8.45. The van der Waals surface area contributed by atoms with Crippen molar-refractivity contribution in [2.24, 2.45) is 28.5 Å². The molecule has 6 rings (SSSR count). The SMILES string of the molecule is COc1cc(C(=O)O[C@H](O)[C@H]2O[C@H]3Oc4c(OCN=C(N)NCCCCO)cc(C(=O)O)c5c4C[C@H](C#CC[C@](O)([C@@H]2O)[C@H]3O)[C@@H](CC(C)C)[C@@H](C)N5)c(O)c(OCCc2ccccc2)c1O. The van der Waals surface area contributed by atoms with E-state index in [1.807, 2.05) is 51.1 Å². The number of anilines is 1. The average molecular weight is 937 g/mol. The zero-order valence-corrected chi connectivity index (χ0v) is 37.7. The van der Waals surface area contributed by atoms with E-state index in [4.69, 9.17) is 39.3 Å². The minimum absolute atomic E-state index is 0.000582. The molecule has 0 unspecified atom stereocenters. The Hall–Kier alpha value is -6.21. The number of nitrogens with two attached hydrogens (primary N) is 1. The number of aliphatic imine (C=N–C) groups is 1. The Morgan fingerprint density at radius 3 is 2.48 bits per heavy atom. The van der Waals surface area contributed by atoms with Crippen LogP contribution in [0.5, 0.6) is 34.5 Å². The van der Waals surface area contributed by atoms with Crippen molar-refractivity contribution in [3.63, 3.8) is 0 Å². The van der Waals surface area contributed by atoms with E-state index in [2.05, 4.69) is 27.5 Å². The van der Waals surface area contributed by atoms with Crippen LogP contribution in [-0.4, -0.2) is 135 Å². The van der Waals surface area contributed by atoms with Crippen molar-refractivity contribution in [3.05, 3.63) is 64.7 Å². The second-order valence-electron chi connectivity index (χ2n) is 17.1. The van der Waals surface area contributed by atoms with E-state index in [1.54, 1.807) is 0 Å². The molecule has 0 amide bonds. The number of phenols is 2. The van der Waals surface area contributed by atoms with Crippen molar-refractivity contribution in [3.8, 4) is 46.3 Å². The van der Waals surface area contributed by atoms with Gasteiger partial charge in [0.05, 0.1) is 25.0 Å². The summed E-state index contributed by atoms with van der Waals surface area (Å²) < 4.78 is 34.6. The molecule has 12 N–H and O–H groups in total. The predicted molar refractivity (Wildman–Crippen MR) is 240 cm³/mol. The smallest absolute Gasteiger partial charge is 0.344 e. The Labute approximate surface area is 387 Å². The molecule has 0 radical (unpaired) electrons. The zero-order chi connectivity index (χ0) is 48.6. The number of carboxylic acid groups (broad SMARTS) is 1. The van der Waals surface area contributed by atoms with Gasteiger partial charge in [-0.25, -0.2) is 14.6 Å². The minimum atomic E-state index is -2.63. The predicted octanol–water partition coefficient (Wildman–Crippen LogP) is 2.21. The van der Waals surface area contributed by atoms with Crippen molar-refractivity contribution in [2.75, 3.05) is 38.9 Å². The maximum Gasteiger partial charge on any atom is 0.344 e. The normalized spacial score (nSPS) is 24.9. The number of aliphatic hydroxyl groups excluding tert-OH is 4. The van der Waals surface area contributed by atoms with Crippen molar-refractivity contribution in [2.45, 2.75) is 102 Å². The van der Waals surface area contributed by atoms with Gasteiger partial charge in [-0.05, 0) is 50.0 Å². The molecule has 20 heteroatoms. The minimum Gasteiger partial charge on any atom is -0.504 e. The van der Waals surface area contributed by atoms with Crippen LogP contribution >= 0.6 is 0 Å². The van der Waals surface area contributed by atoms with Crippen molar-refractivity contribution < 1.29 is 78.9 Å². The number of benzene rings is 3. The summed E-state index contributed by atoms with van der Waals surface area (Å²) in [6, 6.07) is 11.0. The van der Waals surface area contributed by atoms with Gasteiger partial charge < -0.3 is 85.6 Å². The first-order chi connectivity index (χ1) is 32.0. The van der Waals surface area contributed by atoms with Crippen LogP contribution in [0, 0.1) is 29.6 Å². The van der Waals surface area contributed by atoms with E-state index < -0.39 is 90.3 Å². The maximum absolute atomic E-state index is 13.7. The standard InChI is InChI=1S/C47H60N4O16/c1-24(2)19-28-25(3)51-34-29-20-27(28)13-10-15-47(61)40(55)39(44(60)67-43(59)31-22-32(62-4)36(54)38(35(31)53)63-18-14-26-11-6-5-7-12-26)66-45(41(47)56)65-37(29)33(21-30(34)42(57)58)64-23-50-46(48)49-16-8-9-17-52/h5-7,11-12,21-22,24-25,27-28,39-41,44-45,51-56,60-61H,8-9,14-20,23H2,1-4H3,(H,57,58)(H3,48,49,50)/t25-,27+,28+,39+,40-,41+,44+,45-,47+/m1/s1. The summed E-state index contributed by atoms with van der Waals surface area (Å²) in [5, 5.41) is 95.2. The monoisotopic (exact) mass is 936 g/mol. The number of unbranched alkanes of at least 4 members (excludes halogenated alkanes) is 1. The first-order valence-electron chi connectivity index (χ1n) is 22.0. The number of nitrogens with one attached hydrogen (secondary N) is 2. The molecule has 9 atom stereocenters. The third kappa shape index (κ3) is 11.3. The number of carbonyl (C=O) groups is 2. The summed E-state index contributed by atoms with van der Waals surface area (Å²) >= 11 is 0. The second-order valence-corrected chi connectivity index (χ2v) is 17.1. The fraction of sp³-hybridized carbons (Fsp3) is 0.511. The summed E-state index contributed by atoms with van der Waals surface area (Å²) in [6.45, 7) is 5.88. The number of aromatic carboxylic acids is 1. The molecular weight excluding hydrogens is 877 g/mol. The number of hydrogen-bond acceptors (Lipinski definition) is 17. The number of esters is 1. The zero-order valence-electron chi connectivity index (χ0n) is 37.7. The van der Waals surface area contributed by atoms with Gasteiger partial charge in [-0.3, -0.25) is 0 Å². The highest BCUT2D eigenvalue weighted by atomic mass is 16.7. The molecule has 3 heterocycles. The Morgan fingerprint density at radius 1 is 1.06 bits per heavy atom. The largest absolute Gasteiger partial charge is 0.504 e. The van der Waals surface area contributed by atoms with E-state index >= 15 is 0 Å². The van der Waals surface area contributed by atoms with Crippen LogP contribution in [0.1, 0.15) is 78.3 Å². The summed E-state index contributed by atoms with van der Waals surface area (Å²) in [4.78, 5) is 30.8. The highest BCUT2D eigenvalue weighted by Gasteiger charge is 2.59. The number of carboxylic acids is 1. The van der Waals surface area contributed by atoms with Crippen LogP contribution in [0.15, 0.2) is 47.5 Å². The van der Waals surface area contributed by atoms with Gasteiger partial charge in [-0.15, -0.1) is 0 Å². The number of phenolic OH excluding ortho intramolecular Hbond substituents is 2. The van der Waals surface area contributed by atoms with Crippen LogP contribution in [0.25, 0.3) is 0 Å². The molecule has 3 aromatic rings. The van der Waals surface area contributed by atoms with Crippen LogP contribution in [0.2, 0.25) is 0 Å². The van der Waals surface area contributed by atoms with Crippen LogP contribution < -0.4 is 35.3 Å². The van der Waals surface area contributed by atoms with Crippen LogP contribution in [-0.2, 0) is 22.3 Å². The van der Waals surface area contributed by atoms with E-state index in [-0.39, 0.29) is 77.5 Å². The number of carbonyl (C=O) groups excluding carboxylic acids is 1. The summed E-state index contributed by atoms with van der Waals surface area (Å²) in [5.41, 5.74) is 3.90. The molecule has 0 aliphatic carbocycles. The van der Waals surface area contributed by atoms with Gasteiger partial charge in [0.25, 0.3) is 0 Å². The molecule has 364 valence electrons. The number of rotatable bonds is 18. The second kappa shape index (κ2) is 22.1. The number of guanidine groups is 1. The van der Waals surface area contributed by atoms with Gasteiger partial charge in [0, 0.05) is 55.6 Å². The van der Waals surface area contributed by atoms with Crippen LogP contribution in [0.3, 0.4) is 0 Å². The van der Waals surface area contributed by atoms with Crippen molar-refractivity contribution >= 4 is 23.6 Å². The molecule has 1 saturated heterocycles. The summed E-state index contributed by atoms with van der Waals surface area (Å²) in [6.07, 6.45) is -9.21. The Morgan fingerprint density at radius 2 is 1.79 bits per heavy atom. The van der Waals surface area contributed by atoms with Gasteiger partial charge in [0.15, 0.2) is 41.8 Å². The van der Waals surface area contributed by atoms with E-state index in [9.17, 15) is 45.3 Å². The molecule has 0 spiro atoms. The number of hydrogen-bond donors (Lipinski definition) is 11. The third-order valence-electron chi connectivity index (χ3n) is 12.0. The molecule has 0 saturated carbocycles. The van der Waals surface area contributed by atoms with Gasteiger partial charge in [-0.1, -0.05) is 56.0 Å². The Balaban J connectivity index is 1.36. The molecule has 0 aromatic heterocycles. The van der Waals surface area contributed by atoms with E-state index in [0.717, 1.165) is 11.6 Å². The number of ether oxygens (including phenoxy) is 6. The maximum atomic E-state index is 13.7. The molecule has 67 heavy (non-hydrogen) atoms. The van der Waals surface area contributed by atoms with Crippen molar-refractivity contribution in [1.29, 1.82) is 0 Å². The number of nitrogens with zero attached hydrogens (tertiary/aromatic N) is 1. The third-order valence-corrected chi connectivity index (χ3v) is 12.0. The molecule has 3 aromatic carbocycles. The van der Waals surface area contributed by atoms with Crippen molar-refractivity contribution in [1.82, 2.24) is 5.32 Å². The lowest BCUT2D eigenvalue weighted by Gasteiger charge is -2.48. The summed E-state index contributed by atoms with van der Waals surface area (Å²) in [5.74, 6) is 0.230. The van der Waals surface area contributed by atoms with E-state index in [0.29, 0.717) is 32.2 Å². The molecule has 1 fully saturated rings. The average Bonchev–Trinajstić information content (AvgIpc) is 3.42. The lowest BCUT2D eigenvalue weighted by atomic mass is 9.78. The lowest BCUT2D eigenvalue weighted by molar-refractivity contribution is -0.337. The van der Waals surface area contributed by atoms with Crippen LogP contribution in [0.4, 0.5) is 5.69 Å². The molecule has 3 aliphatic rings. The summed E-state index contributed by atoms with van der Waals surface area (Å²) in [7, 11) is 1.19. The highest BCUT2D eigenvalue weighted by Crippen LogP contribution is 2.49. The fourth-order valence-corrected chi connectivity index (χ4v) is 8.45. The Bertz CT molecular complexity index is 2320. The quantitative estimate of drug-likeness (QED) is 0.0218. The number of fused-ring (bicyclic) bond motifs is 3. The molecular formula is C47H60N4O16. The first kappa shape index (κ1) is 50.2. The van der Waals surface area contributed by atoms with Gasteiger partial charge >= 0.3 is 11.9 Å². The molecule has 3 aliphatic heterocycles. The van der Waals surface area contributed by atoms with Gasteiger partial charge in [0.1, 0.15) is 23.4 Å². The number of aromatic hydroxyl groups is 2. The highest BCUT2D eigenvalue weighted by molar-refractivity contribution is 5.97. The molecule has 4 bridgehead atoms. The molecule has 20 nitrogen and oxygen atoms in total. The van der Waals surface area contributed by atoms with Gasteiger partial charge in [-0.2, -0.15) is 0 Å².